The van der Waals surface area contributed by atoms with Crippen LogP contribution in [0.5, 0.6) is 0 Å². The lowest BCUT2D eigenvalue weighted by molar-refractivity contribution is -0.136. The Hall–Kier alpha value is -0.380. The number of carbonyl (C=O) groups excluding carboxylic acids is 1. The number of rotatable bonds is 6. The van der Waals surface area contributed by atoms with Gasteiger partial charge in [0, 0.05) is 20.6 Å². The first-order chi connectivity index (χ1) is 6.08. The van der Waals surface area contributed by atoms with Gasteiger partial charge in [0.25, 0.3) is 0 Å². The summed E-state index contributed by atoms with van der Waals surface area (Å²) in [5, 5.41) is 0. The van der Waals surface area contributed by atoms with E-state index in [-0.39, 0.29) is 6.42 Å². The minimum absolute atomic E-state index is 0.229. The molecule has 0 N–H and O–H groups in total. The Morgan fingerprint density at radius 2 is 1.85 bits per heavy atom. The van der Waals surface area contributed by atoms with Crippen LogP contribution < -0.4 is 0 Å². The third-order valence-corrected chi connectivity index (χ3v) is 2.72. The van der Waals surface area contributed by atoms with Crippen molar-refractivity contribution in [2.24, 2.45) is 0 Å². The molecule has 0 aromatic rings. The summed E-state index contributed by atoms with van der Waals surface area (Å²) in [6.07, 6.45) is 1.80. The van der Waals surface area contributed by atoms with E-state index in [1.54, 1.807) is 0 Å². The van der Waals surface area contributed by atoms with Crippen LogP contribution in [0, 0.1) is 0 Å². The van der Waals surface area contributed by atoms with Crippen LogP contribution in [0.1, 0.15) is 26.2 Å². The van der Waals surface area contributed by atoms with E-state index in [2.05, 4.69) is 13.6 Å². The molecule has 0 saturated heterocycles. The number of hydrogen-bond donors (Lipinski definition) is 0. The van der Waals surface area contributed by atoms with Crippen molar-refractivity contribution in [2.45, 2.75) is 26.2 Å². The third-order valence-electron chi connectivity index (χ3n) is 1.40. The summed E-state index contributed by atoms with van der Waals surface area (Å²) >= 11 is 0. The molecule has 0 amide bonds. The van der Waals surface area contributed by atoms with Gasteiger partial charge in [-0.2, -0.15) is 0 Å². The summed E-state index contributed by atoms with van der Waals surface area (Å²) in [4.78, 5) is 11.0. The minimum Gasteiger partial charge on any atom is -0.370 e. The molecule has 0 rings (SSSR count). The summed E-state index contributed by atoms with van der Waals surface area (Å²) in [5.74, 6) is -0.561. The highest BCUT2D eigenvalue weighted by molar-refractivity contribution is 7.49. The van der Waals surface area contributed by atoms with E-state index >= 15 is 0 Å². The lowest BCUT2D eigenvalue weighted by Gasteiger charge is -2.12. The van der Waals surface area contributed by atoms with Gasteiger partial charge in [0.15, 0.2) is 0 Å². The maximum absolute atomic E-state index is 11.2. The minimum atomic E-state index is -3.63. The van der Waals surface area contributed by atoms with E-state index < -0.39 is 13.8 Å². The standard InChI is InChI=1S/C7H15O5P/c1-4-5-6-7(8)12-13(9,10-2)11-3/h4-6H2,1-3H3. The van der Waals surface area contributed by atoms with Gasteiger partial charge in [0.2, 0.25) is 0 Å². The van der Waals surface area contributed by atoms with Gasteiger partial charge in [-0.05, 0) is 6.42 Å². The number of phosphoric ester groups is 1. The largest absolute Gasteiger partial charge is 0.531 e. The molecule has 0 radical (unpaired) electrons. The summed E-state index contributed by atoms with van der Waals surface area (Å²) in [6.45, 7) is 1.94. The van der Waals surface area contributed by atoms with Crippen molar-refractivity contribution in [1.82, 2.24) is 0 Å². The number of unbranched alkanes of at least 4 members (excludes halogenated alkanes) is 1. The van der Waals surface area contributed by atoms with Gasteiger partial charge in [-0.1, -0.05) is 13.3 Å². The van der Waals surface area contributed by atoms with Crippen molar-refractivity contribution < 1.29 is 22.9 Å². The molecule has 0 unspecified atom stereocenters. The van der Waals surface area contributed by atoms with Crippen LogP contribution in [0.15, 0.2) is 0 Å². The SMILES string of the molecule is CCCCC(=O)OP(=O)(OC)OC. The smallest absolute Gasteiger partial charge is 0.370 e. The highest BCUT2D eigenvalue weighted by atomic mass is 31.2. The van der Waals surface area contributed by atoms with Crippen LogP contribution >= 0.6 is 7.82 Å². The first-order valence-electron chi connectivity index (χ1n) is 4.02. The molecule has 78 valence electrons. The quantitative estimate of drug-likeness (QED) is 0.628. The average molecular weight is 210 g/mol. The van der Waals surface area contributed by atoms with E-state index in [1.165, 1.54) is 0 Å². The molecule has 0 aliphatic rings. The zero-order valence-electron chi connectivity index (χ0n) is 8.11. The fraction of sp³-hybridized carbons (Fsp3) is 0.857. The van der Waals surface area contributed by atoms with Crippen molar-refractivity contribution in [3.63, 3.8) is 0 Å². The molecular weight excluding hydrogens is 195 g/mol. The Morgan fingerprint density at radius 3 is 2.23 bits per heavy atom. The molecule has 13 heavy (non-hydrogen) atoms. The van der Waals surface area contributed by atoms with Crippen LogP contribution in [-0.2, 0) is 22.9 Å². The zero-order valence-corrected chi connectivity index (χ0v) is 9.00. The predicted octanol–water partition coefficient (Wildman–Crippen LogP) is 2.12. The Bertz CT molecular complexity index is 195. The second-order valence-corrected chi connectivity index (χ2v) is 4.19. The molecule has 5 nitrogen and oxygen atoms in total. The molecule has 0 heterocycles. The van der Waals surface area contributed by atoms with E-state index in [0.717, 1.165) is 20.6 Å². The van der Waals surface area contributed by atoms with Gasteiger partial charge in [-0.15, -0.1) is 0 Å². The van der Waals surface area contributed by atoms with Crippen LogP contribution in [0.4, 0.5) is 0 Å². The van der Waals surface area contributed by atoms with Gasteiger partial charge < -0.3 is 4.52 Å². The number of phosphoric acid groups is 1. The maximum atomic E-state index is 11.2. The lowest BCUT2D eigenvalue weighted by atomic mass is 10.3. The lowest BCUT2D eigenvalue weighted by Crippen LogP contribution is -2.04. The highest BCUT2D eigenvalue weighted by Gasteiger charge is 2.27. The molecular formula is C7H15O5P. The molecule has 0 aromatic heterocycles. The van der Waals surface area contributed by atoms with Crippen molar-refractivity contribution in [2.75, 3.05) is 14.2 Å². The monoisotopic (exact) mass is 210 g/mol. The van der Waals surface area contributed by atoms with Gasteiger partial charge in [0.05, 0.1) is 0 Å². The maximum Gasteiger partial charge on any atom is 0.531 e. The van der Waals surface area contributed by atoms with E-state index in [0.29, 0.717) is 6.42 Å². The van der Waals surface area contributed by atoms with E-state index in [4.69, 9.17) is 0 Å². The highest BCUT2D eigenvalue weighted by Crippen LogP contribution is 2.47. The van der Waals surface area contributed by atoms with Gasteiger partial charge in [0.1, 0.15) is 0 Å². The van der Waals surface area contributed by atoms with Crippen LogP contribution in [0.25, 0.3) is 0 Å². The summed E-state index contributed by atoms with van der Waals surface area (Å²) < 4.78 is 24.6. The second kappa shape index (κ2) is 6.13. The van der Waals surface area contributed by atoms with Crippen LogP contribution in [-0.4, -0.2) is 20.2 Å². The Labute approximate surface area is 78.0 Å². The van der Waals surface area contributed by atoms with Crippen molar-refractivity contribution in [3.8, 4) is 0 Å². The number of carbonyl (C=O) groups is 1. The molecule has 0 aliphatic carbocycles. The van der Waals surface area contributed by atoms with Gasteiger partial charge >= 0.3 is 13.8 Å². The van der Waals surface area contributed by atoms with Crippen molar-refractivity contribution >= 4 is 13.8 Å². The summed E-state index contributed by atoms with van der Waals surface area (Å²) in [6, 6.07) is 0. The summed E-state index contributed by atoms with van der Waals surface area (Å²) in [5.41, 5.74) is 0. The molecule has 6 heteroatoms. The Kier molecular flexibility index (Phi) is 5.95. The van der Waals surface area contributed by atoms with Crippen molar-refractivity contribution in [1.29, 1.82) is 0 Å². The van der Waals surface area contributed by atoms with Gasteiger partial charge in [-0.25, -0.2) is 4.57 Å². The van der Waals surface area contributed by atoms with E-state index in [9.17, 15) is 9.36 Å². The predicted molar refractivity (Wildman–Crippen MR) is 47.2 cm³/mol. The van der Waals surface area contributed by atoms with Crippen LogP contribution in [0.3, 0.4) is 0 Å². The molecule has 0 fully saturated rings. The molecule has 0 aliphatic heterocycles. The zero-order chi connectivity index (χ0) is 10.3. The van der Waals surface area contributed by atoms with Gasteiger partial charge in [-0.3, -0.25) is 13.8 Å². The first-order valence-corrected chi connectivity index (χ1v) is 5.48. The second-order valence-electron chi connectivity index (χ2n) is 2.38. The third kappa shape index (κ3) is 5.03. The first kappa shape index (κ1) is 12.6. The van der Waals surface area contributed by atoms with Crippen LogP contribution in [0.2, 0.25) is 0 Å². The van der Waals surface area contributed by atoms with Crippen molar-refractivity contribution in [3.05, 3.63) is 0 Å². The molecule has 0 aromatic carbocycles. The fourth-order valence-corrected chi connectivity index (χ4v) is 1.28. The molecule has 0 spiro atoms. The fourth-order valence-electron chi connectivity index (χ4n) is 0.641. The topological polar surface area (TPSA) is 61.8 Å². The average Bonchev–Trinajstić information content (AvgIpc) is 2.14. The molecule has 0 bridgehead atoms. The Balaban J connectivity index is 3.95. The number of hydrogen-bond acceptors (Lipinski definition) is 5. The normalized spacial score (nSPS) is 11.3. The molecule has 0 saturated carbocycles. The van der Waals surface area contributed by atoms with E-state index in [1.807, 2.05) is 6.92 Å². The molecule has 0 atom stereocenters. The Morgan fingerprint density at radius 1 is 1.31 bits per heavy atom. The summed E-state index contributed by atoms with van der Waals surface area (Å²) in [7, 11) is -1.30.